The van der Waals surface area contributed by atoms with Gasteiger partial charge in [0, 0.05) is 31.1 Å². The number of rotatable bonds is 2. The van der Waals surface area contributed by atoms with E-state index in [0.29, 0.717) is 0 Å². The second kappa shape index (κ2) is 6.58. The number of thiophene rings is 1. The molecular weight excluding hydrogens is 388 g/mol. The molecule has 1 aromatic heterocycles. The van der Waals surface area contributed by atoms with Gasteiger partial charge in [-0.05, 0) is 82.2 Å². The van der Waals surface area contributed by atoms with Gasteiger partial charge in [-0.15, -0.1) is 11.3 Å². The second-order valence-electron chi connectivity index (χ2n) is 6.51. The van der Waals surface area contributed by atoms with E-state index in [0.717, 1.165) is 6.42 Å². The minimum absolute atomic E-state index is 0. The van der Waals surface area contributed by atoms with Crippen molar-refractivity contribution >= 4 is 23.0 Å². The van der Waals surface area contributed by atoms with Crippen molar-refractivity contribution in [2.75, 3.05) is 0 Å². The van der Waals surface area contributed by atoms with Crippen LogP contribution >= 0.6 is 11.3 Å². The van der Waals surface area contributed by atoms with Gasteiger partial charge < -0.3 is 0 Å². The van der Waals surface area contributed by atoms with Gasteiger partial charge in [-0.2, -0.15) is 0 Å². The van der Waals surface area contributed by atoms with E-state index in [1.165, 1.54) is 52.0 Å². The SMILES string of the molecule is C1=C(c2cccs2)Cc2cc3c(c(-c4ccccc4)c21)CCC3.[Zr]. The first kappa shape index (κ1) is 16.2. The molecule has 2 aliphatic carbocycles. The Morgan fingerprint density at radius 1 is 0.875 bits per heavy atom. The van der Waals surface area contributed by atoms with Crippen LogP contribution in [0.1, 0.15) is 33.6 Å². The van der Waals surface area contributed by atoms with Crippen LogP contribution in [0.3, 0.4) is 0 Å². The molecule has 0 fully saturated rings. The number of hydrogen-bond donors (Lipinski definition) is 0. The van der Waals surface area contributed by atoms with Crippen molar-refractivity contribution in [1.29, 1.82) is 0 Å². The Kier molecular flexibility index (Phi) is 4.45. The molecule has 0 atom stereocenters. The van der Waals surface area contributed by atoms with Crippen molar-refractivity contribution in [2.45, 2.75) is 25.7 Å². The summed E-state index contributed by atoms with van der Waals surface area (Å²) in [5.74, 6) is 0. The summed E-state index contributed by atoms with van der Waals surface area (Å²) < 4.78 is 0. The Labute approximate surface area is 166 Å². The molecule has 2 aromatic carbocycles. The summed E-state index contributed by atoms with van der Waals surface area (Å²) in [6.07, 6.45) is 7.32. The van der Waals surface area contributed by atoms with Gasteiger partial charge in [-0.3, -0.25) is 0 Å². The number of benzene rings is 2. The zero-order valence-corrected chi connectivity index (χ0v) is 16.8. The molecule has 0 bridgehead atoms. The molecule has 3 aromatic rings. The first-order valence-corrected chi connectivity index (χ1v) is 9.25. The van der Waals surface area contributed by atoms with Crippen LogP contribution in [0, 0.1) is 0 Å². The Morgan fingerprint density at radius 2 is 1.75 bits per heavy atom. The molecule has 0 saturated heterocycles. The van der Waals surface area contributed by atoms with Crippen molar-refractivity contribution in [3.63, 3.8) is 0 Å². The van der Waals surface area contributed by atoms with Gasteiger partial charge in [-0.25, -0.2) is 0 Å². The van der Waals surface area contributed by atoms with Gasteiger partial charge >= 0.3 is 0 Å². The van der Waals surface area contributed by atoms with E-state index >= 15 is 0 Å². The predicted molar refractivity (Wildman–Crippen MR) is 99.8 cm³/mol. The quantitative estimate of drug-likeness (QED) is 0.491. The summed E-state index contributed by atoms with van der Waals surface area (Å²) in [6.45, 7) is 0. The number of aryl methyl sites for hydroxylation is 1. The van der Waals surface area contributed by atoms with Crippen molar-refractivity contribution < 1.29 is 26.2 Å². The first-order chi connectivity index (χ1) is 11.4. The Morgan fingerprint density at radius 3 is 2.54 bits per heavy atom. The zero-order valence-electron chi connectivity index (χ0n) is 13.5. The summed E-state index contributed by atoms with van der Waals surface area (Å²) in [5.41, 5.74) is 10.5. The van der Waals surface area contributed by atoms with Crippen LogP contribution in [0.2, 0.25) is 0 Å². The monoisotopic (exact) mass is 404 g/mol. The molecule has 0 spiro atoms. The zero-order chi connectivity index (χ0) is 15.2. The molecule has 0 amide bonds. The molecule has 5 rings (SSSR count). The Hall–Kier alpha value is -1.24. The second-order valence-corrected chi connectivity index (χ2v) is 7.45. The number of allylic oxidation sites excluding steroid dienone is 1. The molecule has 0 radical (unpaired) electrons. The van der Waals surface area contributed by atoms with Crippen LogP contribution in [0.4, 0.5) is 0 Å². The van der Waals surface area contributed by atoms with Gasteiger partial charge in [0.15, 0.2) is 0 Å². The average molecular weight is 406 g/mol. The maximum absolute atomic E-state index is 2.49. The third-order valence-corrected chi connectivity index (χ3v) is 6.07. The van der Waals surface area contributed by atoms with Crippen LogP contribution in [0.15, 0.2) is 53.9 Å². The fourth-order valence-corrected chi connectivity index (χ4v) is 4.86. The van der Waals surface area contributed by atoms with E-state index in [2.05, 4.69) is 60.0 Å². The first-order valence-electron chi connectivity index (χ1n) is 8.37. The number of hydrogen-bond acceptors (Lipinski definition) is 1. The standard InChI is InChI=1S/C22H18S.Zr/c1-2-6-15(7-3-1)22-19-9-4-8-16(19)12-17-13-18(14-20(17)22)21-10-5-11-23-21;/h1-3,5-7,10-12,14H,4,8-9,13H2;. The molecular formula is C22H18SZr. The van der Waals surface area contributed by atoms with Crippen LogP contribution in [-0.2, 0) is 45.5 Å². The molecule has 2 aliphatic rings. The largest absolute Gasteiger partial charge is 0.144 e. The third kappa shape index (κ3) is 2.61. The van der Waals surface area contributed by atoms with Crippen LogP contribution in [0.5, 0.6) is 0 Å². The summed E-state index contributed by atoms with van der Waals surface area (Å²) in [4.78, 5) is 1.42. The summed E-state index contributed by atoms with van der Waals surface area (Å²) in [6, 6.07) is 17.9. The summed E-state index contributed by atoms with van der Waals surface area (Å²) >= 11 is 1.85. The molecule has 2 heteroatoms. The average Bonchev–Trinajstić information content (AvgIpc) is 3.32. The molecule has 116 valence electrons. The van der Waals surface area contributed by atoms with Gasteiger partial charge in [0.25, 0.3) is 0 Å². The van der Waals surface area contributed by atoms with E-state index in [1.807, 2.05) is 11.3 Å². The van der Waals surface area contributed by atoms with E-state index in [9.17, 15) is 0 Å². The van der Waals surface area contributed by atoms with Crippen LogP contribution in [-0.4, -0.2) is 0 Å². The third-order valence-electron chi connectivity index (χ3n) is 5.13. The molecule has 0 aliphatic heterocycles. The van der Waals surface area contributed by atoms with Crippen molar-refractivity contribution in [3.8, 4) is 11.1 Å². The molecule has 1 heterocycles. The minimum atomic E-state index is 0. The van der Waals surface area contributed by atoms with E-state index in [1.54, 1.807) is 11.1 Å². The van der Waals surface area contributed by atoms with Crippen molar-refractivity contribution in [3.05, 3.63) is 81.0 Å². The fourth-order valence-electron chi connectivity index (χ4n) is 4.12. The Balaban J connectivity index is 0.00000146. The Bertz CT molecular complexity index is 905. The maximum atomic E-state index is 2.49. The van der Waals surface area contributed by atoms with Crippen molar-refractivity contribution in [1.82, 2.24) is 0 Å². The van der Waals surface area contributed by atoms with Gasteiger partial charge in [0.05, 0.1) is 0 Å². The molecule has 0 nitrogen and oxygen atoms in total. The van der Waals surface area contributed by atoms with Gasteiger partial charge in [0.2, 0.25) is 0 Å². The van der Waals surface area contributed by atoms with Gasteiger partial charge in [-0.1, -0.05) is 42.5 Å². The van der Waals surface area contributed by atoms with Crippen LogP contribution < -0.4 is 0 Å². The molecule has 0 saturated carbocycles. The van der Waals surface area contributed by atoms with E-state index in [4.69, 9.17) is 0 Å². The van der Waals surface area contributed by atoms with E-state index < -0.39 is 0 Å². The van der Waals surface area contributed by atoms with Gasteiger partial charge in [0.1, 0.15) is 0 Å². The topological polar surface area (TPSA) is 0 Å². The summed E-state index contributed by atoms with van der Waals surface area (Å²) in [7, 11) is 0. The molecule has 24 heavy (non-hydrogen) atoms. The normalized spacial score (nSPS) is 14.8. The number of fused-ring (bicyclic) bond motifs is 2. The molecule has 0 N–H and O–H groups in total. The minimum Gasteiger partial charge on any atom is -0.144 e. The van der Waals surface area contributed by atoms with E-state index in [-0.39, 0.29) is 26.2 Å². The smallest absolute Gasteiger partial charge is 0.0305 e. The summed E-state index contributed by atoms with van der Waals surface area (Å²) in [5, 5.41) is 2.18. The fraction of sp³-hybridized carbons (Fsp3) is 0.182. The molecule has 0 unspecified atom stereocenters. The maximum Gasteiger partial charge on any atom is 0.0305 e. The predicted octanol–water partition coefficient (Wildman–Crippen LogP) is 6.00. The van der Waals surface area contributed by atoms with Crippen molar-refractivity contribution in [2.24, 2.45) is 0 Å². The van der Waals surface area contributed by atoms with Crippen LogP contribution in [0.25, 0.3) is 22.8 Å².